The summed E-state index contributed by atoms with van der Waals surface area (Å²) in [6.45, 7) is 9.24. The molecule has 1 amide bonds. The Morgan fingerprint density at radius 2 is 1.86 bits per heavy atom. The molecule has 3 rings (SSSR count). The van der Waals surface area contributed by atoms with Crippen LogP contribution in [0, 0.1) is 11.3 Å². The molecular formula is C27H28N4O5. The van der Waals surface area contributed by atoms with Crippen molar-refractivity contribution in [3.63, 3.8) is 0 Å². The fourth-order valence-corrected chi connectivity index (χ4v) is 3.59. The molecule has 0 saturated carbocycles. The minimum absolute atomic E-state index is 0.0640. The third-order valence-corrected chi connectivity index (χ3v) is 5.09. The van der Waals surface area contributed by atoms with Crippen molar-refractivity contribution < 1.29 is 23.8 Å². The fourth-order valence-electron chi connectivity index (χ4n) is 3.59. The summed E-state index contributed by atoms with van der Waals surface area (Å²) in [5.41, 5.74) is 1.87. The van der Waals surface area contributed by atoms with Crippen molar-refractivity contribution in [3.05, 3.63) is 66.1 Å². The quantitative estimate of drug-likeness (QED) is 0.335. The highest BCUT2D eigenvalue weighted by atomic mass is 16.6. The number of benzene rings is 2. The molecule has 0 saturated heterocycles. The Morgan fingerprint density at radius 3 is 2.50 bits per heavy atom. The fraction of sp³-hybridized carbons (Fsp3) is 0.296. The molecule has 0 fully saturated rings. The molecule has 0 aliphatic heterocycles. The molecule has 9 heteroatoms. The highest BCUT2D eigenvalue weighted by Crippen LogP contribution is 2.35. The number of anilines is 1. The Labute approximate surface area is 209 Å². The highest BCUT2D eigenvalue weighted by Gasteiger charge is 2.27. The molecule has 36 heavy (non-hydrogen) atoms. The van der Waals surface area contributed by atoms with Crippen LogP contribution in [0.25, 0.3) is 22.0 Å². The number of ether oxygens (including phenoxy) is 3. The zero-order chi connectivity index (χ0) is 26.5. The Kier molecular flexibility index (Phi) is 8.02. The largest absolute Gasteiger partial charge is 0.463 e. The molecular weight excluding hydrogens is 460 g/mol. The maximum Gasteiger partial charge on any atom is 0.415 e. The molecule has 0 spiro atoms. The van der Waals surface area contributed by atoms with Crippen molar-refractivity contribution in [1.29, 1.82) is 5.26 Å². The van der Waals surface area contributed by atoms with Gasteiger partial charge < -0.3 is 14.2 Å². The first-order valence-electron chi connectivity index (χ1n) is 11.1. The number of rotatable bonds is 7. The molecule has 1 aromatic heterocycles. The third kappa shape index (κ3) is 6.03. The number of fused-ring (bicyclic) bond motifs is 1. The standard InChI is InChI=1S/C27H28N4O5/c1-17(14-28)15-31(26(33)36-27(2,3)4)23-20(16-34-5)10-8-18-7-9-19(13-21(18)23)22-11-12-29-24(30-22)25(32)35-6/h7-13H,1,15-16H2,2-6H3. The first kappa shape index (κ1) is 26.3. The monoisotopic (exact) mass is 488 g/mol. The van der Waals surface area contributed by atoms with Gasteiger partial charge in [0.1, 0.15) is 5.60 Å². The van der Waals surface area contributed by atoms with E-state index >= 15 is 0 Å². The summed E-state index contributed by atoms with van der Waals surface area (Å²) >= 11 is 0. The van der Waals surface area contributed by atoms with Crippen molar-refractivity contribution in [2.75, 3.05) is 25.7 Å². The third-order valence-electron chi connectivity index (χ3n) is 5.09. The second-order valence-electron chi connectivity index (χ2n) is 8.98. The Morgan fingerprint density at radius 1 is 1.14 bits per heavy atom. The number of carbonyl (C=O) groups is 2. The lowest BCUT2D eigenvalue weighted by molar-refractivity contribution is 0.0575. The number of carbonyl (C=O) groups excluding carboxylic acids is 2. The van der Waals surface area contributed by atoms with Crippen LogP contribution in [0.5, 0.6) is 0 Å². The van der Waals surface area contributed by atoms with Gasteiger partial charge in [-0.15, -0.1) is 0 Å². The van der Waals surface area contributed by atoms with Gasteiger partial charge in [0.2, 0.25) is 5.82 Å². The number of nitriles is 1. The van der Waals surface area contributed by atoms with Gasteiger partial charge in [0.25, 0.3) is 0 Å². The van der Waals surface area contributed by atoms with Crippen molar-refractivity contribution in [1.82, 2.24) is 9.97 Å². The van der Waals surface area contributed by atoms with Gasteiger partial charge in [-0.05, 0) is 38.3 Å². The zero-order valence-electron chi connectivity index (χ0n) is 21.0. The molecule has 186 valence electrons. The van der Waals surface area contributed by atoms with Gasteiger partial charge in [-0.2, -0.15) is 5.26 Å². The van der Waals surface area contributed by atoms with Gasteiger partial charge >= 0.3 is 12.1 Å². The summed E-state index contributed by atoms with van der Waals surface area (Å²) in [6, 6.07) is 13.1. The van der Waals surface area contributed by atoms with Crippen molar-refractivity contribution in [2.45, 2.75) is 33.0 Å². The minimum atomic E-state index is -0.758. The van der Waals surface area contributed by atoms with Crippen LogP contribution in [0.3, 0.4) is 0 Å². The molecule has 0 aliphatic rings. The predicted molar refractivity (Wildman–Crippen MR) is 135 cm³/mol. The van der Waals surface area contributed by atoms with E-state index in [4.69, 9.17) is 14.2 Å². The topological polar surface area (TPSA) is 115 Å². The van der Waals surface area contributed by atoms with E-state index in [0.717, 1.165) is 10.9 Å². The number of hydrogen-bond acceptors (Lipinski definition) is 8. The van der Waals surface area contributed by atoms with Gasteiger partial charge in [-0.1, -0.05) is 30.8 Å². The van der Waals surface area contributed by atoms with E-state index in [1.165, 1.54) is 18.2 Å². The number of nitrogens with zero attached hydrogens (tertiary/aromatic N) is 4. The van der Waals surface area contributed by atoms with Crippen LogP contribution in [-0.4, -0.2) is 48.4 Å². The number of amides is 1. The maximum absolute atomic E-state index is 13.4. The molecule has 0 unspecified atom stereocenters. The van der Waals surface area contributed by atoms with Gasteiger partial charge in [-0.3, -0.25) is 4.90 Å². The van der Waals surface area contributed by atoms with Gasteiger partial charge in [0.05, 0.1) is 37.7 Å². The lowest BCUT2D eigenvalue weighted by Gasteiger charge is -2.29. The Hall–Kier alpha value is -4.29. The van der Waals surface area contributed by atoms with E-state index in [9.17, 15) is 14.9 Å². The Balaban J connectivity index is 2.26. The van der Waals surface area contributed by atoms with Crippen LogP contribution >= 0.6 is 0 Å². The lowest BCUT2D eigenvalue weighted by Crippen LogP contribution is -2.38. The smallest absolute Gasteiger partial charge is 0.415 e. The van der Waals surface area contributed by atoms with Crippen LogP contribution in [0.1, 0.15) is 37.0 Å². The first-order chi connectivity index (χ1) is 17.1. The van der Waals surface area contributed by atoms with Crippen molar-refractivity contribution in [2.24, 2.45) is 0 Å². The number of aromatic nitrogens is 2. The summed E-state index contributed by atoms with van der Waals surface area (Å²) in [5.74, 6) is -0.712. The average Bonchev–Trinajstić information content (AvgIpc) is 2.85. The van der Waals surface area contributed by atoms with Gasteiger partial charge in [-0.25, -0.2) is 19.6 Å². The molecule has 0 aliphatic carbocycles. The predicted octanol–water partition coefficient (Wildman–Crippen LogP) is 5.05. The summed E-state index contributed by atoms with van der Waals surface area (Å²) in [7, 11) is 2.82. The summed E-state index contributed by atoms with van der Waals surface area (Å²) in [4.78, 5) is 35.0. The molecule has 0 N–H and O–H groups in total. The van der Waals surface area contributed by atoms with E-state index in [2.05, 4.69) is 16.5 Å². The summed E-state index contributed by atoms with van der Waals surface area (Å²) < 4.78 is 15.8. The van der Waals surface area contributed by atoms with E-state index in [-0.39, 0.29) is 24.5 Å². The van der Waals surface area contributed by atoms with Crippen molar-refractivity contribution in [3.8, 4) is 17.3 Å². The van der Waals surface area contributed by atoms with Gasteiger partial charge in [0, 0.05) is 35.4 Å². The molecule has 0 bridgehead atoms. The molecule has 2 aromatic carbocycles. The zero-order valence-corrected chi connectivity index (χ0v) is 21.0. The molecule has 0 atom stereocenters. The van der Waals surface area contributed by atoms with Crippen LogP contribution < -0.4 is 4.90 Å². The van der Waals surface area contributed by atoms with Crippen LogP contribution in [-0.2, 0) is 20.8 Å². The second-order valence-corrected chi connectivity index (χ2v) is 8.98. The number of esters is 1. The Bertz CT molecular complexity index is 1350. The van der Waals surface area contributed by atoms with E-state index < -0.39 is 17.7 Å². The van der Waals surface area contributed by atoms with Crippen LogP contribution in [0.15, 0.2) is 54.7 Å². The number of hydrogen-bond donors (Lipinski definition) is 0. The van der Waals surface area contributed by atoms with Crippen molar-refractivity contribution >= 4 is 28.5 Å². The molecule has 0 radical (unpaired) electrons. The normalized spacial score (nSPS) is 11.0. The first-order valence-corrected chi connectivity index (χ1v) is 11.1. The highest BCUT2D eigenvalue weighted by molar-refractivity contribution is 6.04. The molecule has 1 heterocycles. The molecule has 9 nitrogen and oxygen atoms in total. The average molecular weight is 489 g/mol. The van der Waals surface area contributed by atoms with E-state index in [0.29, 0.717) is 22.3 Å². The van der Waals surface area contributed by atoms with E-state index in [1.807, 2.05) is 36.4 Å². The number of methoxy groups -OCH3 is 2. The maximum atomic E-state index is 13.4. The van der Waals surface area contributed by atoms with Crippen LogP contribution in [0.4, 0.5) is 10.5 Å². The second kappa shape index (κ2) is 11.0. The lowest BCUT2D eigenvalue weighted by atomic mass is 9.99. The van der Waals surface area contributed by atoms with Gasteiger partial charge in [0.15, 0.2) is 0 Å². The SMILES string of the molecule is C=C(C#N)CN(C(=O)OC(C)(C)C)c1c(COC)ccc2ccc(-c3ccnc(C(=O)OC)n3)cc12. The minimum Gasteiger partial charge on any atom is -0.463 e. The van der Waals surface area contributed by atoms with E-state index in [1.54, 1.807) is 33.9 Å². The summed E-state index contributed by atoms with van der Waals surface area (Å²) in [6.07, 6.45) is 0.856. The molecule has 3 aromatic rings. The van der Waals surface area contributed by atoms with Crippen LogP contribution in [0.2, 0.25) is 0 Å². The summed E-state index contributed by atoms with van der Waals surface area (Å²) in [5, 5.41) is 11.0.